The number of halogens is 2. The second-order valence-corrected chi connectivity index (χ2v) is 8.31. The topological polar surface area (TPSA) is 45.7 Å². The van der Waals surface area contributed by atoms with E-state index in [1.54, 1.807) is 11.3 Å². The lowest BCUT2D eigenvalue weighted by atomic mass is 9.89. The molecular weight excluding hydrogens is 389 g/mol. The van der Waals surface area contributed by atoms with Gasteiger partial charge in [-0.05, 0) is 37.6 Å². The zero-order valence-electron chi connectivity index (χ0n) is 15.7. The molecule has 1 unspecified atom stereocenters. The van der Waals surface area contributed by atoms with Crippen LogP contribution in [0.15, 0.2) is 18.2 Å². The van der Waals surface area contributed by atoms with Crippen LogP contribution in [0.3, 0.4) is 0 Å². The zero-order valence-corrected chi connectivity index (χ0v) is 17.2. The minimum absolute atomic E-state index is 0.0690. The van der Waals surface area contributed by atoms with Crippen LogP contribution in [-0.2, 0) is 6.54 Å². The molecule has 5 nitrogen and oxygen atoms in total. The SMILES string of the molecule is COc1ccc(F)cc1C(=O)C1CCCN(Cc2sc(N(C)C)nc2Cl)C1. The molecule has 0 bridgehead atoms. The van der Waals surface area contributed by atoms with Gasteiger partial charge in [0.1, 0.15) is 16.7 Å². The first-order chi connectivity index (χ1) is 12.9. The van der Waals surface area contributed by atoms with E-state index < -0.39 is 5.82 Å². The number of nitrogens with zero attached hydrogens (tertiary/aromatic N) is 3. The maximum Gasteiger partial charge on any atom is 0.186 e. The van der Waals surface area contributed by atoms with E-state index >= 15 is 0 Å². The van der Waals surface area contributed by atoms with Crippen molar-refractivity contribution in [3.8, 4) is 5.75 Å². The molecule has 0 saturated carbocycles. The largest absolute Gasteiger partial charge is 0.496 e. The van der Waals surface area contributed by atoms with Gasteiger partial charge in [0.25, 0.3) is 0 Å². The fourth-order valence-electron chi connectivity index (χ4n) is 3.32. The monoisotopic (exact) mass is 411 g/mol. The van der Waals surface area contributed by atoms with Crippen molar-refractivity contribution in [2.45, 2.75) is 19.4 Å². The third-order valence-corrected chi connectivity index (χ3v) is 6.32. The summed E-state index contributed by atoms with van der Waals surface area (Å²) in [5, 5.41) is 1.38. The number of piperidine rings is 1. The summed E-state index contributed by atoms with van der Waals surface area (Å²) in [5.74, 6) is -0.269. The third kappa shape index (κ3) is 4.59. The quantitative estimate of drug-likeness (QED) is 0.669. The molecule has 8 heteroatoms. The Hall–Kier alpha value is -1.70. The van der Waals surface area contributed by atoms with Crippen molar-refractivity contribution >= 4 is 33.9 Å². The normalized spacial score (nSPS) is 17.7. The first-order valence-corrected chi connectivity index (χ1v) is 10.0. The maximum absolute atomic E-state index is 13.6. The number of hydrogen-bond acceptors (Lipinski definition) is 6. The molecule has 1 aliphatic rings. The number of Topliss-reactive ketones (excluding diaryl/α,β-unsaturated/α-hetero) is 1. The van der Waals surface area contributed by atoms with Gasteiger partial charge in [0.05, 0.1) is 17.6 Å². The second kappa shape index (κ2) is 8.54. The fraction of sp³-hybridized carbons (Fsp3) is 0.474. The fourth-order valence-corrected chi connectivity index (χ4v) is 4.54. The lowest BCUT2D eigenvalue weighted by molar-refractivity contribution is 0.0809. The molecule has 0 aliphatic carbocycles. The Labute approximate surface area is 167 Å². The van der Waals surface area contributed by atoms with Gasteiger partial charge in [0.2, 0.25) is 0 Å². The van der Waals surface area contributed by atoms with Crippen molar-refractivity contribution in [2.24, 2.45) is 5.92 Å². The summed E-state index contributed by atoms with van der Waals surface area (Å²) in [6.07, 6.45) is 1.69. The molecule has 0 radical (unpaired) electrons. The molecule has 146 valence electrons. The van der Waals surface area contributed by atoms with Gasteiger partial charge in [-0.25, -0.2) is 9.37 Å². The average molecular weight is 412 g/mol. The van der Waals surface area contributed by atoms with E-state index in [-0.39, 0.29) is 11.7 Å². The molecule has 2 heterocycles. The maximum atomic E-state index is 13.6. The second-order valence-electron chi connectivity index (χ2n) is 6.89. The lowest BCUT2D eigenvalue weighted by Crippen LogP contribution is -2.38. The molecule has 1 atom stereocenters. The Morgan fingerprint density at radius 2 is 2.26 bits per heavy atom. The number of hydrogen-bond donors (Lipinski definition) is 0. The molecular formula is C19H23ClFN3O2S. The highest BCUT2D eigenvalue weighted by Gasteiger charge is 2.29. The molecule has 1 saturated heterocycles. The summed E-state index contributed by atoms with van der Waals surface area (Å²) in [6.45, 7) is 2.17. The number of ketones is 1. The summed E-state index contributed by atoms with van der Waals surface area (Å²) in [5.41, 5.74) is 0.315. The standard InChI is InChI=1S/C19H23ClFN3O2S/c1-23(2)19-22-18(20)16(27-19)11-24-8-4-5-12(10-24)17(25)14-9-13(21)6-7-15(14)26-3/h6-7,9,12H,4-5,8,10-11H2,1-3H3. The molecule has 1 aliphatic heterocycles. The van der Waals surface area contributed by atoms with Crippen LogP contribution in [0.25, 0.3) is 0 Å². The Bertz CT molecular complexity index is 827. The van der Waals surface area contributed by atoms with E-state index in [4.69, 9.17) is 16.3 Å². The highest BCUT2D eigenvalue weighted by atomic mass is 35.5. The summed E-state index contributed by atoms with van der Waals surface area (Å²) < 4.78 is 18.9. The van der Waals surface area contributed by atoms with E-state index in [1.807, 2.05) is 19.0 Å². The molecule has 2 aromatic rings. The number of rotatable bonds is 6. The molecule has 1 aromatic carbocycles. The van der Waals surface area contributed by atoms with Crippen molar-refractivity contribution < 1.29 is 13.9 Å². The number of ether oxygens (including phenoxy) is 1. The lowest BCUT2D eigenvalue weighted by Gasteiger charge is -2.31. The van der Waals surface area contributed by atoms with Crippen LogP contribution >= 0.6 is 22.9 Å². The summed E-state index contributed by atoms with van der Waals surface area (Å²) in [7, 11) is 5.35. The number of carbonyl (C=O) groups excluding carboxylic acids is 1. The van der Waals surface area contributed by atoms with Crippen LogP contribution in [-0.4, -0.2) is 50.0 Å². The van der Waals surface area contributed by atoms with Crippen molar-refractivity contribution in [1.82, 2.24) is 9.88 Å². The van der Waals surface area contributed by atoms with Gasteiger partial charge in [-0.1, -0.05) is 22.9 Å². The van der Waals surface area contributed by atoms with E-state index in [9.17, 15) is 9.18 Å². The van der Waals surface area contributed by atoms with Crippen LogP contribution in [0, 0.1) is 11.7 Å². The minimum atomic E-state index is -0.431. The molecule has 0 amide bonds. The smallest absolute Gasteiger partial charge is 0.186 e. The van der Waals surface area contributed by atoms with E-state index in [0.717, 1.165) is 29.4 Å². The van der Waals surface area contributed by atoms with Crippen molar-refractivity contribution in [2.75, 3.05) is 39.2 Å². The molecule has 0 N–H and O–H groups in total. The first kappa shape index (κ1) is 20.0. The van der Waals surface area contributed by atoms with Gasteiger partial charge >= 0.3 is 0 Å². The predicted octanol–water partition coefficient (Wildman–Crippen LogP) is 4.11. The number of aromatic nitrogens is 1. The summed E-state index contributed by atoms with van der Waals surface area (Å²) in [6, 6.07) is 4.07. The van der Waals surface area contributed by atoms with E-state index in [0.29, 0.717) is 29.6 Å². The number of likely N-dealkylation sites (tertiary alicyclic amines) is 1. The number of methoxy groups -OCH3 is 1. The Kier molecular flexibility index (Phi) is 6.34. The number of benzene rings is 1. The summed E-state index contributed by atoms with van der Waals surface area (Å²) in [4.78, 5) is 22.5. The minimum Gasteiger partial charge on any atom is -0.496 e. The van der Waals surface area contributed by atoms with Crippen LogP contribution in [0.5, 0.6) is 5.75 Å². The highest BCUT2D eigenvalue weighted by molar-refractivity contribution is 7.16. The van der Waals surface area contributed by atoms with E-state index in [1.165, 1.54) is 25.3 Å². The molecule has 0 spiro atoms. The summed E-state index contributed by atoms with van der Waals surface area (Å²) >= 11 is 7.84. The average Bonchev–Trinajstić information content (AvgIpc) is 3.02. The van der Waals surface area contributed by atoms with Gasteiger partial charge in [0.15, 0.2) is 10.9 Å². The molecule has 1 fully saturated rings. The Morgan fingerprint density at radius 1 is 1.48 bits per heavy atom. The number of thiazole rings is 1. The third-order valence-electron chi connectivity index (χ3n) is 4.69. The van der Waals surface area contributed by atoms with Crippen molar-refractivity contribution in [1.29, 1.82) is 0 Å². The van der Waals surface area contributed by atoms with Crippen LogP contribution < -0.4 is 9.64 Å². The zero-order chi connectivity index (χ0) is 19.6. The van der Waals surface area contributed by atoms with Gasteiger partial charge < -0.3 is 9.64 Å². The Balaban J connectivity index is 1.73. The van der Waals surface area contributed by atoms with E-state index in [2.05, 4.69) is 9.88 Å². The molecule has 3 rings (SSSR count). The van der Waals surface area contributed by atoms with Gasteiger partial charge in [-0.15, -0.1) is 0 Å². The Morgan fingerprint density at radius 3 is 2.93 bits per heavy atom. The van der Waals surface area contributed by atoms with Crippen molar-refractivity contribution in [3.63, 3.8) is 0 Å². The number of anilines is 1. The van der Waals surface area contributed by atoms with Crippen molar-refractivity contribution in [3.05, 3.63) is 39.6 Å². The molecule has 1 aromatic heterocycles. The highest BCUT2D eigenvalue weighted by Crippen LogP contribution is 2.32. The van der Waals surface area contributed by atoms with Crippen LogP contribution in [0.4, 0.5) is 9.52 Å². The molecule has 27 heavy (non-hydrogen) atoms. The van der Waals surface area contributed by atoms with Crippen LogP contribution in [0.2, 0.25) is 5.15 Å². The van der Waals surface area contributed by atoms with Gasteiger partial charge in [0, 0.05) is 33.1 Å². The predicted molar refractivity (Wildman–Crippen MR) is 107 cm³/mol. The van der Waals surface area contributed by atoms with Gasteiger partial charge in [-0.2, -0.15) is 0 Å². The first-order valence-electron chi connectivity index (χ1n) is 8.81. The van der Waals surface area contributed by atoms with Gasteiger partial charge in [-0.3, -0.25) is 9.69 Å². The van der Waals surface area contributed by atoms with Crippen LogP contribution in [0.1, 0.15) is 28.1 Å². The number of carbonyl (C=O) groups is 1.